The molecule has 9 heteroatoms. The summed E-state index contributed by atoms with van der Waals surface area (Å²) in [6.45, 7) is 0. The van der Waals surface area contributed by atoms with Crippen molar-refractivity contribution < 1.29 is 13.2 Å². The fourth-order valence-electron chi connectivity index (χ4n) is 2.57. The number of hydrogen-bond donors (Lipinski definition) is 1. The van der Waals surface area contributed by atoms with Gasteiger partial charge in [-0.05, 0) is 24.3 Å². The van der Waals surface area contributed by atoms with Crippen LogP contribution in [0.1, 0.15) is 6.42 Å². The van der Waals surface area contributed by atoms with E-state index in [1.807, 2.05) is 29.6 Å². The van der Waals surface area contributed by atoms with Gasteiger partial charge in [-0.3, -0.25) is 4.79 Å². The van der Waals surface area contributed by atoms with E-state index in [2.05, 4.69) is 15.3 Å². The number of thiazole rings is 2. The molecule has 1 amide bonds. The maximum atomic E-state index is 12.3. The van der Waals surface area contributed by atoms with E-state index in [1.165, 1.54) is 34.8 Å². The lowest BCUT2D eigenvalue weighted by Crippen LogP contribution is -2.17. The number of aromatic nitrogens is 2. The van der Waals surface area contributed by atoms with Crippen LogP contribution in [0.5, 0.6) is 0 Å². The van der Waals surface area contributed by atoms with Crippen molar-refractivity contribution in [1.29, 1.82) is 0 Å². The van der Waals surface area contributed by atoms with E-state index in [1.54, 1.807) is 18.2 Å². The Morgan fingerprint density at radius 3 is 2.54 bits per heavy atom. The highest BCUT2D eigenvalue weighted by Gasteiger charge is 2.17. The van der Waals surface area contributed by atoms with Gasteiger partial charge in [-0.25, -0.2) is 18.4 Å². The molecule has 142 valence electrons. The Hall–Kier alpha value is -2.62. The monoisotopic (exact) mass is 429 g/mol. The van der Waals surface area contributed by atoms with Crippen LogP contribution in [-0.2, 0) is 14.6 Å². The topological polar surface area (TPSA) is 89.0 Å². The minimum Gasteiger partial charge on any atom is -0.302 e. The molecule has 0 aliphatic carbocycles. The lowest BCUT2D eigenvalue weighted by molar-refractivity contribution is -0.115. The van der Waals surface area contributed by atoms with Crippen molar-refractivity contribution in [3.63, 3.8) is 0 Å². The van der Waals surface area contributed by atoms with E-state index in [4.69, 9.17) is 0 Å². The summed E-state index contributed by atoms with van der Waals surface area (Å²) >= 11 is 2.82. The summed E-state index contributed by atoms with van der Waals surface area (Å²) in [4.78, 5) is 21.3. The second-order valence-corrected chi connectivity index (χ2v) is 9.95. The maximum Gasteiger partial charge on any atom is 0.227 e. The lowest BCUT2D eigenvalue weighted by Gasteiger charge is -2.04. The van der Waals surface area contributed by atoms with Gasteiger partial charge < -0.3 is 5.32 Å². The van der Waals surface area contributed by atoms with Crippen LogP contribution >= 0.6 is 22.7 Å². The third-order valence-corrected chi connectivity index (χ3v) is 7.51. The molecule has 0 unspecified atom stereocenters. The summed E-state index contributed by atoms with van der Waals surface area (Å²) in [6, 6.07) is 15.9. The molecule has 6 nitrogen and oxygen atoms in total. The van der Waals surface area contributed by atoms with E-state index >= 15 is 0 Å². The van der Waals surface area contributed by atoms with Gasteiger partial charge in [0.1, 0.15) is 10.7 Å². The number of para-hydroxylation sites is 1. The van der Waals surface area contributed by atoms with E-state index in [-0.39, 0.29) is 23.0 Å². The fraction of sp³-hybridized carbons (Fsp3) is 0.105. The molecule has 4 rings (SSSR count). The average molecular weight is 430 g/mol. The van der Waals surface area contributed by atoms with Gasteiger partial charge in [-0.2, -0.15) is 0 Å². The maximum absolute atomic E-state index is 12.3. The zero-order chi connectivity index (χ0) is 19.6. The molecule has 2 aromatic heterocycles. The molecule has 0 bridgehead atoms. The molecule has 0 fully saturated rings. The summed E-state index contributed by atoms with van der Waals surface area (Å²) < 4.78 is 25.6. The molecule has 2 heterocycles. The standard InChI is InChI=1S/C19H15N3O3S3/c23-17(10-11-28(24,25)13-6-2-1-3-7-13)22-19-21-15(12-26-19)18-20-14-8-4-5-9-16(14)27-18/h1-9,12H,10-11H2,(H,21,22,23). The zero-order valence-corrected chi connectivity index (χ0v) is 17.0. The number of benzene rings is 2. The van der Waals surface area contributed by atoms with Crippen molar-refractivity contribution in [2.45, 2.75) is 11.3 Å². The van der Waals surface area contributed by atoms with Crippen LogP contribution in [0.3, 0.4) is 0 Å². The van der Waals surface area contributed by atoms with E-state index in [0.29, 0.717) is 10.8 Å². The number of carbonyl (C=O) groups excluding carboxylic acids is 1. The molecule has 0 spiro atoms. The molecule has 0 atom stereocenters. The van der Waals surface area contributed by atoms with Crippen LogP contribution in [0.2, 0.25) is 0 Å². The number of fused-ring (bicyclic) bond motifs is 1. The van der Waals surface area contributed by atoms with Gasteiger partial charge in [0.15, 0.2) is 15.0 Å². The number of hydrogen-bond acceptors (Lipinski definition) is 7. The first-order chi connectivity index (χ1) is 13.5. The number of nitrogens with one attached hydrogen (secondary N) is 1. The second kappa shape index (κ2) is 7.78. The van der Waals surface area contributed by atoms with Gasteiger partial charge >= 0.3 is 0 Å². The van der Waals surface area contributed by atoms with Crippen LogP contribution in [0.4, 0.5) is 5.13 Å². The fourth-order valence-corrected chi connectivity index (χ4v) is 5.54. The summed E-state index contributed by atoms with van der Waals surface area (Å²) in [5.74, 6) is -0.636. The Balaban J connectivity index is 1.40. The van der Waals surface area contributed by atoms with Crippen molar-refractivity contribution in [2.24, 2.45) is 0 Å². The van der Waals surface area contributed by atoms with Crippen molar-refractivity contribution in [2.75, 3.05) is 11.1 Å². The number of carbonyl (C=O) groups is 1. The average Bonchev–Trinajstić information content (AvgIpc) is 3.34. The van der Waals surface area contributed by atoms with Crippen LogP contribution in [-0.4, -0.2) is 30.0 Å². The molecule has 0 aliphatic heterocycles. The highest BCUT2D eigenvalue weighted by atomic mass is 32.2. The molecule has 0 aliphatic rings. The van der Waals surface area contributed by atoms with Crippen LogP contribution < -0.4 is 5.32 Å². The Morgan fingerprint density at radius 1 is 1.00 bits per heavy atom. The van der Waals surface area contributed by atoms with Crippen molar-refractivity contribution >= 4 is 53.8 Å². The Kier molecular flexibility index (Phi) is 5.21. The largest absolute Gasteiger partial charge is 0.302 e. The van der Waals surface area contributed by atoms with Gasteiger partial charge in [0.2, 0.25) is 5.91 Å². The van der Waals surface area contributed by atoms with Gasteiger partial charge in [-0.1, -0.05) is 30.3 Å². The van der Waals surface area contributed by atoms with Gasteiger partial charge in [0.25, 0.3) is 0 Å². The molecule has 0 radical (unpaired) electrons. The quantitative estimate of drug-likeness (QED) is 0.496. The summed E-state index contributed by atoms with van der Waals surface area (Å²) in [5, 5.41) is 5.71. The van der Waals surface area contributed by atoms with Crippen LogP contribution in [0.15, 0.2) is 64.9 Å². The summed E-state index contributed by atoms with van der Waals surface area (Å²) in [7, 11) is -3.49. The normalized spacial score (nSPS) is 11.6. The smallest absolute Gasteiger partial charge is 0.227 e. The van der Waals surface area contributed by atoms with E-state index in [0.717, 1.165) is 15.2 Å². The third-order valence-electron chi connectivity index (χ3n) is 3.96. The molecular formula is C19H15N3O3S3. The lowest BCUT2D eigenvalue weighted by atomic mass is 10.3. The minimum atomic E-state index is -3.49. The number of sulfone groups is 1. The predicted octanol–water partition coefficient (Wildman–Crippen LogP) is 4.22. The van der Waals surface area contributed by atoms with Gasteiger partial charge in [0, 0.05) is 11.8 Å². The first-order valence-electron chi connectivity index (χ1n) is 8.40. The molecular weight excluding hydrogens is 414 g/mol. The second-order valence-electron chi connectivity index (χ2n) is 5.95. The number of amides is 1. The first-order valence-corrected chi connectivity index (χ1v) is 11.8. The van der Waals surface area contributed by atoms with Crippen molar-refractivity contribution in [3.8, 4) is 10.7 Å². The van der Waals surface area contributed by atoms with E-state index < -0.39 is 9.84 Å². The highest BCUT2D eigenvalue weighted by Crippen LogP contribution is 2.31. The molecule has 4 aromatic rings. The zero-order valence-electron chi connectivity index (χ0n) is 14.5. The van der Waals surface area contributed by atoms with Crippen molar-refractivity contribution in [3.05, 3.63) is 60.0 Å². The molecule has 0 saturated heterocycles. The highest BCUT2D eigenvalue weighted by molar-refractivity contribution is 7.91. The predicted molar refractivity (Wildman–Crippen MR) is 112 cm³/mol. The van der Waals surface area contributed by atoms with Crippen molar-refractivity contribution in [1.82, 2.24) is 9.97 Å². The summed E-state index contributed by atoms with van der Waals surface area (Å²) in [6.07, 6.45) is -0.132. The van der Waals surface area contributed by atoms with Gasteiger partial charge in [-0.15, -0.1) is 22.7 Å². The third kappa shape index (κ3) is 4.11. The number of nitrogens with zero attached hydrogens (tertiary/aromatic N) is 2. The molecule has 28 heavy (non-hydrogen) atoms. The molecule has 2 aromatic carbocycles. The first kappa shape index (κ1) is 18.7. The van der Waals surface area contributed by atoms with Crippen LogP contribution in [0, 0.1) is 0 Å². The SMILES string of the molecule is O=C(CCS(=O)(=O)c1ccccc1)Nc1nc(-c2nc3ccccc3s2)cs1. The Labute approximate surface area is 169 Å². The Morgan fingerprint density at radius 2 is 1.75 bits per heavy atom. The number of rotatable bonds is 6. The number of anilines is 1. The van der Waals surface area contributed by atoms with Gasteiger partial charge in [0.05, 0.1) is 20.9 Å². The van der Waals surface area contributed by atoms with E-state index in [9.17, 15) is 13.2 Å². The van der Waals surface area contributed by atoms with Crippen LogP contribution in [0.25, 0.3) is 20.9 Å². The Bertz CT molecular complexity index is 1200. The molecule has 1 N–H and O–H groups in total. The molecule has 0 saturated carbocycles. The summed E-state index contributed by atoms with van der Waals surface area (Å²) in [5.41, 5.74) is 1.60. The minimum absolute atomic E-state index is 0.132.